The predicted molar refractivity (Wildman–Crippen MR) is 74.2 cm³/mol. The second kappa shape index (κ2) is 5.10. The molecular weight excluding hydrogens is 246 g/mol. The molecule has 0 aromatic heterocycles. The SMILES string of the molecule is CCC1CN(CC2CC2)Cc2ccc(Cl)cc2O1. The third-order valence-electron chi connectivity index (χ3n) is 3.85. The number of rotatable bonds is 3. The van der Waals surface area contributed by atoms with Gasteiger partial charge in [0.05, 0.1) is 0 Å². The normalized spacial score (nSPS) is 24.2. The summed E-state index contributed by atoms with van der Waals surface area (Å²) in [6.45, 7) is 5.45. The van der Waals surface area contributed by atoms with E-state index in [1.807, 2.05) is 12.1 Å². The van der Waals surface area contributed by atoms with E-state index in [9.17, 15) is 0 Å². The van der Waals surface area contributed by atoms with Crippen LogP contribution in [0.5, 0.6) is 5.75 Å². The van der Waals surface area contributed by atoms with Crippen molar-refractivity contribution < 1.29 is 4.74 Å². The summed E-state index contributed by atoms with van der Waals surface area (Å²) >= 11 is 6.06. The zero-order chi connectivity index (χ0) is 12.5. The quantitative estimate of drug-likeness (QED) is 0.826. The molecule has 1 fully saturated rings. The van der Waals surface area contributed by atoms with Crippen LogP contribution < -0.4 is 4.74 Å². The van der Waals surface area contributed by atoms with E-state index in [2.05, 4.69) is 17.9 Å². The van der Waals surface area contributed by atoms with Gasteiger partial charge in [-0.2, -0.15) is 0 Å². The van der Waals surface area contributed by atoms with Crippen LogP contribution in [-0.2, 0) is 6.54 Å². The van der Waals surface area contributed by atoms with E-state index in [-0.39, 0.29) is 0 Å². The van der Waals surface area contributed by atoms with Gasteiger partial charge in [-0.15, -0.1) is 0 Å². The molecule has 0 amide bonds. The van der Waals surface area contributed by atoms with E-state index in [4.69, 9.17) is 16.3 Å². The van der Waals surface area contributed by atoms with Crippen LogP contribution in [0.2, 0.25) is 5.02 Å². The fourth-order valence-electron chi connectivity index (χ4n) is 2.60. The van der Waals surface area contributed by atoms with Crippen molar-refractivity contribution in [1.29, 1.82) is 0 Å². The number of hydrogen-bond acceptors (Lipinski definition) is 2. The van der Waals surface area contributed by atoms with Crippen molar-refractivity contribution in [2.45, 2.75) is 38.8 Å². The maximum absolute atomic E-state index is 6.09. The van der Waals surface area contributed by atoms with Gasteiger partial charge in [0.25, 0.3) is 0 Å². The molecule has 1 unspecified atom stereocenters. The zero-order valence-electron chi connectivity index (χ0n) is 10.9. The Hall–Kier alpha value is -0.730. The van der Waals surface area contributed by atoms with Gasteiger partial charge in [-0.25, -0.2) is 0 Å². The van der Waals surface area contributed by atoms with Gasteiger partial charge in [0.1, 0.15) is 11.9 Å². The van der Waals surface area contributed by atoms with Crippen LogP contribution in [0.25, 0.3) is 0 Å². The zero-order valence-corrected chi connectivity index (χ0v) is 11.6. The molecule has 1 aliphatic heterocycles. The highest BCUT2D eigenvalue weighted by atomic mass is 35.5. The molecule has 0 spiro atoms. The molecule has 1 heterocycles. The number of benzene rings is 1. The van der Waals surface area contributed by atoms with Gasteiger partial charge >= 0.3 is 0 Å². The van der Waals surface area contributed by atoms with Crippen LogP contribution in [0.1, 0.15) is 31.7 Å². The molecule has 1 aromatic rings. The minimum Gasteiger partial charge on any atom is -0.489 e. The maximum atomic E-state index is 6.09. The highest BCUT2D eigenvalue weighted by molar-refractivity contribution is 6.30. The monoisotopic (exact) mass is 265 g/mol. The lowest BCUT2D eigenvalue weighted by Gasteiger charge is -2.22. The highest BCUT2D eigenvalue weighted by Gasteiger charge is 2.28. The van der Waals surface area contributed by atoms with Gasteiger partial charge in [-0.05, 0) is 37.3 Å². The Morgan fingerprint density at radius 2 is 2.22 bits per heavy atom. The first-order chi connectivity index (χ1) is 8.74. The van der Waals surface area contributed by atoms with Crippen LogP contribution in [0.15, 0.2) is 18.2 Å². The topological polar surface area (TPSA) is 12.5 Å². The molecule has 1 saturated carbocycles. The van der Waals surface area contributed by atoms with Crippen molar-refractivity contribution in [2.75, 3.05) is 13.1 Å². The first kappa shape index (κ1) is 12.3. The van der Waals surface area contributed by atoms with E-state index >= 15 is 0 Å². The molecule has 0 radical (unpaired) electrons. The molecule has 1 aliphatic carbocycles. The Bertz CT molecular complexity index is 431. The summed E-state index contributed by atoms with van der Waals surface area (Å²) in [5.41, 5.74) is 1.27. The lowest BCUT2D eigenvalue weighted by Crippen LogP contribution is -2.33. The predicted octanol–water partition coefficient (Wildman–Crippen LogP) is 3.72. The van der Waals surface area contributed by atoms with Crippen LogP contribution in [0.4, 0.5) is 0 Å². The van der Waals surface area contributed by atoms with E-state index < -0.39 is 0 Å². The molecule has 18 heavy (non-hydrogen) atoms. The lowest BCUT2D eigenvalue weighted by atomic mass is 10.2. The molecule has 0 N–H and O–H groups in total. The summed E-state index contributed by atoms with van der Waals surface area (Å²) in [4.78, 5) is 2.55. The van der Waals surface area contributed by atoms with Crippen LogP contribution in [-0.4, -0.2) is 24.1 Å². The van der Waals surface area contributed by atoms with Crippen LogP contribution >= 0.6 is 11.6 Å². The summed E-state index contributed by atoms with van der Waals surface area (Å²) in [5, 5.41) is 0.763. The minimum absolute atomic E-state index is 0.295. The Balaban J connectivity index is 1.82. The Morgan fingerprint density at radius 3 is 2.94 bits per heavy atom. The van der Waals surface area contributed by atoms with Gasteiger partial charge in [-0.3, -0.25) is 4.90 Å². The summed E-state index contributed by atoms with van der Waals surface area (Å²) in [6, 6.07) is 6.03. The summed E-state index contributed by atoms with van der Waals surface area (Å²) < 4.78 is 6.09. The molecule has 2 nitrogen and oxygen atoms in total. The number of halogens is 1. The maximum Gasteiger partial charge on any atom is 0.125 e. The van der Waals surface area contributed by atoms with Crippen molar-refractivity contribution in [3.63, 3.8) is 0 Å². The average Bonchev–Trinajstić information content (AvgIpc) is 3.15. The number of nitrogens with zero attached hydrogens (tertiary/aromatic N) is 1. The molecule has 2 aliphatic rings. The molecule has 3 rings (SSSR count). The second-order valence-corrected chi connectivity index (χ2v) is 5.97. The summed E-state index contributed by atoms with van der Waals surface area (Å²) in [6.07, 6.45) is 4.15. The standard InChI is InChI=1S/C15H20ClNO/c1-2-14-10-17(8-11-3-4-11)9-12-5-6-13(16)7-15(12)18-14/h5-7,11,14H,2-4,8-10H2,1H3. The number of ether oxygens (including phenoxy) is 1. The minimum atomic E-state index is 0.295. The Morgan fingerprint density at radius 1 is 1.39 bits per heavy atom. The van der Waals surface area contributed by atoms with Crippen LogP contribution in [0.3, 0.4) is 0 Å². The fraction of sp³-hybridized carbons (Fsp3) is 0.600. The molecule has 1 atom stereocenters. The molecular formula is C15H20ClNO. The van der Waals surface area contributed by atoms with Crippen LogP contribution in [0, 0.1) is 5.92 Å². The fourth-order valence-corrected chi connectivity index (χ4v) is 2.76. The molecule has 3 heteroatoms. The van der Waals surface area contributed by atoms with Gasteiger partial charge in [0, 0.05) is 30.2 Å². The summed E-state index contributed by atoms with van der Waals surface area (Å²) in [5.74, 6) is 1.91. The average molecular weight is 266 g/mol. The van der Waals surface area contributed by atoms with Gasteiger partial charge in [-0.1, -0.05) is 24.6 Å². The van der Waals surface area contributed by atoms with Gasteiger partial charge < -0.3 is 4.74 Å². The molecule has 1 aromatic carbocycles. The Labute approximate surface area is 114 Å². The van der Waals surface area contributed by atoms with Crippen molar-refractivity contribution in [2.24, 2.45) is 5.92 Å². The third kappa shape index (κ3) is 2.81. The second-order valence-electron chi connectivity index (χ2n) is 5.54. The lowest BCUT2D eigenvalue weighted by molar-refractivity contribution is 0.140. The van der Waals surface area contributed by atoms with E-state index in [0.29, 0.717) is 6.10 Å². The van der Waals surface area contributed by atoms with Crippen molar-refractivity contribution in [3.8, 4) is 5.75 Å². The van der Waals surface area contributed by atoms with Crippen molar-refractivity contribution in [1.82, 2.24) is 4.90 Å². The van der Waals surface area contributed by atoms with E-state index in [1.54, 1.807) is 0 Å². The van der Waals surface area contributed by atoms with E-state index in [1.165, 1.54) is 24.9 Å². The third-order valence-corrected chi connectivity index (χ3v) is 4.08. The Kier molecular flexibility index (Phi) is 3.49. The first-order valence-corrected chi connectivity index (χ1v) is 7.30. The highest BCUT2D eigenvalue weighted by Crippen LogP contribution is 2.33. The first-order valence-electron chi connectivity index (χ1n) is 6.92. The van der Waals surface area contributed by atoms with Gasteiger partial charge in [0.15, 0.2) is 0 Å². The number of hydrogen-bond donors (Lipinski definition) is 0. The van der Waals surface area contributed by atoms with Crippen molar-refractivity contribution in [3.05, 3.63) is 28.8 Å². The molecule has 0 bridgehead atoms. The van der Waals surface area contributed by atoms with Gasteiger partial charge in [0.2, 0.25) is 0 Å². The molecule has 98 valence electrons. The largest absolute Gasteiger partial charge is 0.489 e. The molecule has 0 saturated heterocycles. The summed E-state index contributed by atoms with van der Waals surface area (Å²) in [7, 11) is 0. The van der Waals surface area contributed by atoms with Crippen molar-refractivity contribution >= 4 is 11.6 Å². The number of fused-ring (bicyclic) bond motifs is 1. The smallest absolute Gasteiger partial charge is 0.125 e. The van der Waals surface area contributed by atoms with E-state index in [0.717, 1.165) is 36.2 Å².